The number of nitrogens with one attached hydrogen (secondary N) is 1. The monoisotopic (exact) mass is 396 g/mol. The predicted molar refractivity (Wildman–Crippen MR) is 111 cm³/mol. The second-order valence-electron chi connectivity index (χ2n) is 6.24. The van der Waals surface area contributed by atoms with Gasteiger partial charge in [0.1, 0.15) is 5.75 Å². The molecule has 2 amide bonds. The highest BCUT2D eigenvalue weighted by molar-refractivity contribution is 5.96. The highest BCUT2D eigenvalue weighted by Crippen LogP contribution is 2.19. The minimum atomic E-state index is -0.640. The lowest BCUT2D eigenvalue weighted by molar-refractivity contribution is -0.142. The number of rotatable bonds is 8. The van der Waals surface area contributed by atoms with Crippen molar-refractivity contribution in [2.45, 2.75) is 6.92 Å². The van der Waals surface area contributed by atoms with E-state index in [2.05, 4.69) is 5.32 Å². The van der Waals surface area contributed by atoms with Crippen LogP contribution in [-0.4, -0.2) is 50.0 Å². The molecule has 0 fully saturated rings. The van der Waals surface area contributed by atoms with Gasteiger partial charge in [0.15, 0.2) is 6.61 Å². The lowest BCUT2D eigenvalue weighted by atomic mass is 10.2. The summed E-state index contributed by atoms with van der Waals surface area (Å²) in [4.78, 5) is 37.1. The van der Waals surface area contributed by atoms with Gasteiger partial charge in [-0.3, -0.25) is 9.59 Å². The topological polar surface area (TPSA) is 84.9 Å². The number of ether oxygens (including phenoxy) is 2. The van der Waals surface area contributed by atoms with Crippen LogP contribution in [0.3, 0.4) is 0 Å². The Bertz CT molecular complexity index is 888. The van der Waals surface area contributed by atoms with Crippen LogP contribution in [0.1, 0.15) is 22.8 Å². The van der Waals surface area contributed by atoms with Crippen molar-refractivity contribution in [3.8, 4) is 5.75 Å². The highest BCUT2D eigenvalue weighted by atomic mass is 16.5. The molecule has 7 nitrogen and oxygen atoms in total. The number of carbonyl (C=O) groups is 3. The number of amides is 2. The summed E-state index contributed by atoms with van der Waals surface area (Å²) in [5.41, 5.74) is 1.75. The molecule has 0 bridgehead atoms. The van der Waals surface area contributed by atoms with E-state index in [0.29, 0.717) is 23.6 Å². The molecule has 0 aliphatic rings. The standard InChI is InChI=1S/C22H24N2O5/c1-4-28-19-8-6-5-7-16(19)11-14-21(26)29-15-20(25)23-18-12-9-17(10-13-18)22(27)24(2)3/h5-14H,4,15H2,1-3H3,(H,23,25)/b14-11+. The summed E-state index contributed by atoms with van der Waals surface area (Å²) in [6.07, 6.45) is 2.82. The van der Waals surface area contributed by atoms with Crippen LogP contribution in [0.15, 0.2) is 54.6 Å². The van der Waals surface area contributed by atoms with Crippen LogP contribution in [0.4, 0.5) is 5.69 Å². The number of hydrogen-bond acceptors (Lipinski definition) is 5. The summed E-state index contributed by atoms with van der Waals surface area (Å²) >= 11 is 0. The van der Waals surface area contributed by atoms with Gasteiger partial charge in [-0.05, 0) is 43.3 Å². The van der Waals surface area contributed by atoms with Gasteiger partial charge in [-0.1, -0.05) is 18.2 Å². The van der Waals surface area contributed by atoms with E-state index in [1.165, 1.54) is 11.0 Å². The number of esters is 1. The van der Waals surface area contributed by atoms with E-state index in [4.69, 9.17) is 9.47 Å². The number of carbonyl (C=O) groups excluding carboxylic acids is 3. The Morgan fingerprint density at radius 2 is 1.72 bits per heavy atom. The van der Waals surface area contributed by atoms with Crippen LogP contribution in [0.5, 0.6) is 5.75 Å². The Morgan fingerprint density at radius 1 is 1.03 bits per heavy atom. The zero-order chi connectivity index (χ0) is 21.2. The van der Waals surface area contributed by atoms with Crippen LogP contribution >= 0.6 is 0 Å². The van der Waals surface area contributed by atoms with Gasteiger partial charge in [-0.25, -0.2) is 4.79 Å². The second kappa shape index (κ2) is 10.7. The molecule has 2 aromatic carbocycles. The van der Waals surface area contributed by atoms with Crippen molar-refractivity contribution in [2.24, 2.45) is 0 Å². The van der Waals surface area contributed by atoms with Crippen LogP contribution in [0, 0.1) is 0 Å². The molecule has 0 spiro atoms. The molecular weight excluding hydrogens is 372 g/mol. The molecule has 0 saturated heterocycles. The van der Waals surface area contributed by atoms with Gasteiger partial charge in [0.05, 0.1) is 6.61 Å². The summed E-state index contributed by atoms with van der Waals surface area (Å²) in [6, 6.07) is 13.7. The van der Waals surface area contributed by atoms with Crippen LogP contribution in [0.25, 0.3) is 6.08 Å². The summed E-state index contributed by atoms with van der Waals surface area (Å²) in [5.74, 6) is -0.589. The SMILES string of the molecule is CCOc1ccccc1/C=C/C(=O)OCC(=O)Nc1ccc(C(=O)N(C)C)cc1. The van der Waals surface area contributed by atoms with Gasteiger partial charge >= 0.3 is 5.97 Å². The number of nitrogens with zero attached hydrogens (tertiary/aromatic N) is 1. The van der Waals surface area contributed by atoms with Crippen molar-refractivity contribution in [1.82, 2.24) is 4.90 Å². The largest absolute Gasteiger partial charge is 0.493 e. The minimum absolute atomic E-state index is 0.130. The van der Waals surface area contributed by atoms with Crippen molar-refractivity contribution >= 4 is 29.5 Å². The summed E-state index contributed by atoms with van der Waals surface area (Å²) in [5, 5.41) is 2.61. The summed E-state index contributed by atoms with van der Waals surface area (Å²) in [6.45, 7) is 1.97. The minimum Gasteiger partial charge on any atom is -0.493 e. The van der Waals surface area contributed by atoms with E-state index in [1.807, 2.05) is 25.1 Å². The van der Waals surface area contributed by atoms with E-state index in [9.17, 15) is 14.4 Å². The van der Waals surface area contributed by atoms with Crippen LogP contribution in [0.2, 0.25) is 0 Å². The van der Waals surface area contributed by atoms with E-state index in [-0.39, 0.29) is 5.91 Å². The van der Waals surface area contributed by atoms with Gasteiger partial charge in [0.2, 0.25) is 0 Å². The first-order valence-electron chi connectivity index (χ1n) is 9.09. The Balaban J connectivity index is 1.84. The Labute approximate surface area is 169 Å². The van der Waals surface area contributed by atoms with Gasteiger partial charge < -0.3 is 19.7 Å². The lowest BCUT2D eigenvalue weighted by Gasteiger charge is -2.11. The van der Waals surface area contributed by atoms with E-state index < -0.39 is 18.5 Å². The fraction of sp³-hybridized carbons (Fsp3) is 0.227. The molecule has 0 aromatic heterocycles. The van der Waals surface area contributed by atoms with Crippen molar-refractivity contribution in [1.29, 1.82) is 0 Å². The van der Waals surface area contributed by atoms with Gasteiger partial charge in [-0.2, -0.15) is 0 Å². The third-order valence-corrected chi connectivity index (χ3v) is 3.79. The van der Waals surface area contributed by atoms with Crippen molar-refractivity contribution in [2.75, 3.05) is 32.6 Å². The smallest absolute Gasteiger partial charge is 0.331 e. The maximum Gasteiger partial charge on any atom is 0.331 e. The van der Waals surface area contributed by atoms with E-state index in [0.717, 1.165) is 5.56 Å². The number of hydrogen-bond donors (Lipinski definition) is 1. The average Bonchev–Trinajstić information content (AvgIpc) is 2.72. The molecule has 0 atom stereocenters. The van der Waals surface area contributed by atoms with Crippen LogP contribution < -0.4 is 10.1 Å². The quantitative estimate of drug-likeness (QED) is 0.548. The molecule has 29 heavy (non-hydrogen) atoms. The lowest BCUT2D eigenvalue weighted by Crippen LogP contribution is -2.22. The second-order valence-corrected chi connectivity index (χ2v) is 6.24. The van der Waals surface area contributed by atoms with E-state index in [1.54, 1.807) is 50.5 Å². The molecule has 0 heterocycles. The summed E-state index contributed by atoms with van der Waals surface area (Å²) < 4.78 is 10.4. The number of benzene rings is 2. The molecule has 152 valence electrons. The van der Waals surface area contributed by atoms with Crippen molar-refractivity contribution < 1.29 is 23.9 Å². The molecule has 2 rings (SSSR count). The molecule has 0 aliphatic carbocycles. The third-order valence-electron chi connectivity index (χ3n) is 3.79. The maximum absolute atomic E-state index is 11.9. The fourth-order valence-electron chi connectivity index (χ4n) is 2.40. The van der Waals surface area contributed by atoms with Crippen LogP contribution in [-0.2, 0) is 14.3 Å². The molecule has 0 aliphatic heterocycles. The van der Waals surface area contributed by atoms with Gasteiger partial charge in [0.25, 0.3) is 11.8 Å². The predicted octanol–water partition coefficient (Wildman–Crippen LogP) is 2.98. The third kappa shape index (κ3) is 6.80. The molecular formula is C22H24N2O5. The zero-order valence-electron chi connectivity index (χ0n) is 16.7. The van der Waals surface area contributed by atoms with E-state index >= 15 is 0 Å². The fourth-order valence-corrected chi connectivity index (χ4v) is 2.40. The zero-order valence-corrected chi connectivity index (χ0v) is 16.7. The first-order chi connectivity index (χ1) is 13.9. The molecule has 0 radical (unpaired) electrons. The normalized spacial score (nSPS) is 10.4. The average molecular weight is 396 g/mol. The number of para-hydroxylation sites is 1. The molecule has 0 unspecified atom stereocenters. The summed E-state index contributed by atoms with van der Waals surface area (Å²) in [7, 11) is 3.33. The van der Waals surface area contributed by atoms with Crippen molar-refractivity contribution in [3.05, 3.63) is 65.7 Å². The highest BCUT2D eigenvalue weighted by Gasteiger charge is 2.09. The first kappa shape index (κ1) is 21.7. The molecule has 7 heteroatoms. The number of anilines is 1. The Morgan fingerprint density at radius 3 is 2.38 bits per heavy atom. The molecule has 1 N–H and O–H groups in total. The van der Waals surface area contributed by atoms with Gasteiger partial charge in [-0.15, -0.1) is 0 Å². The first-order valence-corrected chi connectivity index (χ1v) is 9.09. The Kier molecular flexibility index (Phi) is 7.97. The maximum atomic E-state index is 11.9. The van der Waals surface area contributed by atoms with Gasteiger partial charge in [0, 0.05) is 37.0 Å². The molecule has 2 aromatic rings. The Hall–Kier alpha value is -3.61. The molecule has 0 saturated carbocycles. The van der Waals surface area contributed by atoms with Crippen molar-refractivity contribution in [3.63, 3.8) is 0 Å².